The molecule has 5 heteroatoms. The van der Waals surface area contributed by atoms with Gasteiger partial charge in [0.05, 0.1) is 5.69 Å². The number of nitrogens with zero attached hydrogens (tertiary/aromatic N) is 2. The number of halogens is 1. The molecule has 1 unspecified atom stereocenters. The summed E-state index contributed by atoms with van der Waals surface area (Å²) in [5.41, 5.74) is 9.24. The molecule has 0 fully saturated rings. The molecular weight excluding hydrogens is 330 g/mol. The number of benzene rings is 1. The Kier molecular flexibility index (Phi) is 5.06. The molecule has 0 aliphatic rings. The van der Waals surface area contributed by atoms with Crippen LogP contribution in [0.15, 0.2) is 22.7 Å². The van der Waals surface area contributed by atoms with E-state index in [-0.39, 0.29) is 6.04 Å². The van der Waals surface area contributed by atoms with E-state index in [1.54, 1.807) is 4.68 Å². The van der Waals surface area contributed by atoms with Crippen LogP contribution in [0.5, 0.6) is 11.6 Å². The van der Waals surface area contributed by atoms with E-state index in [2.05, 4.69) is 28.0 Å². The Labute approximate surface area is 134 Å². The largest absolute Gasteiger partial charge is 0.439 e. The Morgan fingerprint density at radius 3 is 2.71 bits per heavy atom. The molecule has 0 bridgehead atoms. The topological polar surface area (TPSA) is 53.1 Å². The fourth-order valence-electron chi connectivity index (χ4n) is 2.28. The van der Waals surface area contributed by atoms with Crippen molar-refractivity contribution in [1.29, 1.82) is 0 Å². The Morgan fingerprint density at radius 1 is 1.38 bits per heavy atom. The van der Waals surface area contributed by atoms with Crippen LogP contribution in [0.2, 0.25) is 0 Å². The zero-order valence-corrected chi connectivity index (χ0v) is 14.6. The maximum atomic E-state index is 6.12. The quantitative estimate of drug-likeness (QED) is 0.889. The van der Waals surface area contributed by atoms with E-state index in [9.17, 15) is 0 Å². The first-order valence-corrected chi connectivity index (χ1v) is 7.93. The molecule has 0 saturated heterocycles. The van der Waals surface area contributed by atoms with Gasteiger partial charge in [-0.25, -0.2) is 4.68 Å². The van der Waals surface area contributed by atoms with Gasteiger partial charge in [0.25, 0.3) is 0 Å². The fraction of sp³-hybridized carbons (Fsp3) is 0.438. The molecule has 1 atom stereocenters. The SMILES string of the molecule is CCC(N)Cc1c(C)nn(C)c1Oc1ccc(Br)cc1C. The first-order valence-electron chi connectivity index (χ1n) is 7.14. The highest BCUT2D eigenvalue weighted by Crippen LogP contribution is 2.31. The number of hydrogen-bond donors (Lipinski definition) is 1. The van der Waals surface area contributed by atoms with E-state index < -0.39 is 0 Å². The van der Waals surface area contributed by atoms with E-state index in [0.29, 0.717) is 0 Å². The number of rotatable bonds is 5. The van der Waals surface area contributed by atoms with Crippen molar-refractivity contribution in [2.75, 3.05) is 0 Å². The van der Waals surface area contributed by atoms with E-state index in [1.165, 1.54) is 0 Å². The summed E-state index contributed by atoms with van der Waals surface area (Å²) in [5.74, 6) is 1.62. The lowest BCUT2D eigenvalue weighted by molar-refractivity contribution is 0.421. The van der Waals surface area contributed by atoms with Crippen molar-refractivity contribution >= 4 is 15.9 Å². The van der Waals surface area contributed by atoms with E-state index >= 15 is 0 Å². The van der Waals surface area contributed by atoms with Crippen molar-refractivity contribution in [1.82, 2.24) is 9.78 Å². The van der Waals surface area contributed by atoms with Crippen molar-refractivity contribution < 1.29 is 4.74 Å². The number of hydrogen-bond acceptors (Lipinski definition) is 3. The van der Waals surface area contributed by atoms with Gasteiger partial charge in [-0.3, -0.25) is 0 Å². The zero-order chi connectivity index (χ0) is 15.6. The summed E-state index contributed by atoms with van der Waals surface area (Å²) in [5, 5.41) is 4.47. The minimum Gasteiger partial charge on any atom is -0.439 e. The van der Waals surface area contributed by atoms with Gasteiger partial charge in [0.2, 0.25) is 5.88 Å². The average molecular weight is 352 g/mol. The Morgan fingerprint density at radius 2 is 2.10 bits per heavy atom. The van der Waals surface area contributed by atoms with E-state index in [1.807, 2.05) is 39.1 Å². The third-order valence-electron chi connectivity index (χ3n) is 3.62. The van der Waals surface area contributed by atoms with Gasteiger partial charge < -0.3 is 10.5 Å². The first kappa shape index (κ1) is 16.0. The third kappa shape index (κ3) is 3.66. The minimum absolute atomic E-state index is 0.126. The molecule has 21 heavy (non-hydrogen) atoms. The summed E-state index contributed by atoms with van der Waals surface area (Å²) in [6, 6.07) is 6.10. The van der Waals surface area contributed by atoms with Crippen LogP contribution in [-0.2, 0) is 13.5 Å². The summed E-state index contributed by atoms with van der Waals surface area (Å²) >= 11 is 3.47. The van der Waals surface area contributed by atoms with Crippen LogP contribution >= 0.6 is 15.9 Å². The summed E-state index contributed by atoms with van der Waals surface area (Å²) in [7, 11) is 1.90. The molecule has 0 radical (unpaired) electrons. The fourth-order valence-corrected chi connectivity index (χ4v) is 2.76. The van der Waals surface area contributed by atoms with Crippen molar-refractivity contribution in [3.05, 3.63) is 39.5 Å². The van der Waals surface area contributed by atoms with Gasteiger partial charge in [-0.2, -0.15) is 5.10 Å². The number of ether oxygens (including phenoxy) is 1. The summed E-state index contributed by atoms with van der Waals surface area (Å²) in [6.45, 7) is 6.12. The zero-order valence-electron chi connectivity index (χ0n) is 13.0. The van der Waals surface area contributed by atoms with Gasteiger partial charge in [0.1, 0.15) is 5.75 Å². The molecule has 2 N–H and O–H groups in total. The lowest BCUT2D eigenvalue weighted by Gasteiger charge is -2.13. The van der Waals surface area contributed by atoms with Crippen molar-refractivity contribution in [3.8, 4) is 11.6 Å². The third-order valence-corrected chi connectivity index (χ3v) is 4.12. The molecule has 0 spiro atoms. The lowest BCUT2D eigenvalue weighted by Crippen LogP contribution is -2.21. The Balaban J connectivity index is 2.34. The predicted molar refractivity (Wildman–Crippen MR) is 88.9 cm³/mol. The van der Waals surface area contributed by atoms with Crippen LogP contribution in [0.3, 0.4) is 0 Å². The first-order chi connectivity index (χ1) is 9.92. The minimum atomic E-state index is 0.126. The summed E-state index contributed by atoms with van der Waals surface area (Å²) < 4.78 is 8.95. The molecular formula is C16H22BrN3O. The van der Waals surface area contributed by atoms with Crippen LogP contribution in [0.4, 0.5) is 0 Å². The van der Waals surface area contributed by atoms with E-state index in [0.717, 1.165) is 45.8 Å². The van der Waals surface area contributed by atoms with Crippen LogP contribution in [-0.4, -0.2) is 15.8 Å². The Bertz CT molecular complexity index is 637. The molecule has 1 aromatic carbocycles. The van der Waals surface area contributed by atoms with Crippen LogP contribution in [0.1, 0.15) is 30.2 Å². The van der Waals surface area contributed by atoms with Crippen LogP contribution in [0.25, 0.3) is 0 Å². The lowest BCUT2D eigenvalue weighted by atomic mass is 10.1. The number of nitrogens with two attached hydrogens (primary N) is 1. The molecule has 1 aromatic heterocycles. The maximum absolute atomic E-state index is 6.12. The van der Waals surface area contributed by atoms with Crippen LogP contribution in [0, 0.1) is 13.8 Å². The smallest absolute Gasteiger partial charge is 0.221 e. The van der Waals surface area contributed by atoms with Gasteiger partial charge in [-0.1, -0.05) is 22.9 Å². The molecule has 2 aromatic rings. The molecule has 114 valence electrons. The molecule has 0 saturated carbocycles. The summed E-state index contributed by atoms with van der Waals surface area (Å²) in [6.07, 6.45) is 1.71. The van der Waals surface area contributed by atoms with Gasteiger partial charge in [0.15, 0.2) is 0 Å². The van der Waals surface area contributed by atoms with Crippen molar-refractivity contribution in [2.24, 2.45) is 12.8 Å². The molecule has 1 heterocycles. The highest BCUT2D eigenvalue weighted by Gasteiger charge is 2.18. The van der Waals surface area contributed by atoms with Gasteiger partial charge in [0, 0.05) is 23.1 Å². The monoisotopic (exact) mass is 351 g/mol. The average Bonchev–Trinajstić information content (AvgIpc) is 2.68. The highest BCUT2D eigenvalue weighted by atomic mass is 79.9. The summed E-state index contributed by atoms with van der Waals surface area (Å²) in [4.78, 5) is 0. The maximum Gasteiger partial charge on any atom is 0.221 e. The molecule has 2 rings (SSSR count). The number of aryl methyl sites for hydroxylation is 3. The second-order valence-corrected chi connectivity index (χ2v) is 6.29. The normalized spacial score (nSPS) is 12.5. The molecule has 0 aliphatic carbocycles. The van der Waals surface area contributed by atoms with Gasteiger partial charge in [-0.15, -0.1) is 0 Å². The second-order valence-electron chi connectivity index (χ2n) is 5.38. The van der Waals surface area contributed by atoms with Crippen molar-refractivity contribution in [3.63, 3.8) is 0 Å². The van der Waals surface area contributed by atoms with Gasteiger partial charge >= 0.3 is 0 Å². The van der Waals surface area contributed by atoms with Crippen LogP contribution < -0.4 is 10.5 Å². The van der Waals surface area contributed by atoms with Crippen molar-refractivity contribution in [2.45, 2.75) is 39.7 Å². The Hall–Kier alpha value is -1.33. The highest BCUT2D eigenvalue weighted by molar-refractivity contribution is 9.10. The number of aromatic nitrogens is 2. The molecule has 4 nitrogen and oxygen atoms in total. The standard InChI is InChI=1S/C16H22BrN3O/c1-5-13(18)9-14-11(3)19-20(4)16(14)21-15-7-6-12(17)8-10(15)2/h6-8,13H,5,9,18H2,1-4H3. The second kappa shape index (κ2) is 6.62. The molecule has 0 amide bonds. The van der Waals surface area contributed by atoms with E-state index in [4.69, 9.17) is 10.5 Å². The van der Waals surface area contributed by atoms with Gasteiger partial charge in [-0.05, 0) is 50.5 Å². The molecule has 0 aliphatic heterocycles. The predicted octanol–water partition coefficient (Wildman–Crippen LogP) is 3.87.